The molecule has 1 aromatic carbocycles. The number of aliphatic hydroxyl groups is 1. The molecule has 98 valence electrons. The van der Waals surface area contributed by atoms with Gasteiger partial charge in [-0.2, -0.15) is 0 Å². The monoisotopic (exact) mass is 250 g/mol. The van der Waals surface area contributed by atoms with Crippen LogP contribution in [0.25, 0.3) is 0 Å². The highest BCUT2D eigenvalue weighted by Gasteiger charge is 2.11. The van der Waals surface area contributed by atoms with E-state index in [0.29, 0.717) is 5.56 Å². The van der Waals surface area contributed by atoms with Gasteiger partial charge in [0.2, 0.25) is 5.91 Å². The topological polar surface area (TPSA) is 69.6 Å². The summed E-state index contributed by atoms with van der Waals surface area (Å²) in [5.74, 6) is -0.505. The first kappa shape index (κ1) is 14.2. The number of likely N-dealkylation sites (N-methyl/N-ethyl adjacent to an activating group) is 1. The van der Waals surface area contributed by atoms with E-state index in [0.717, 1.165) is 5.56 Å². The van der Waals surface area contributed by atoms with E-state index >= 15 is 0 Å². The summed E-state index contributed by atoms with van der Waals surface area (Å²) in [5.41, 5.74) is 1.53. The molecule has 0 heterocycles. The number of aliphatic hydroxyl groups excluding tert-OH is 1. The Morgan fingerprint density at radius 2 is 2.11 bits per heavy atom. The van der Waals surface area contributed by atoms with Gasteiger partial charge < -0.3 is 15.3 Å². The van der Waals surface area contributed by atoms with E-state index < -0.39 is 0 Å². The summed E-state index contributed by atoms with van der Waals surface area (Å²) in [6, 6.07) is 7.16. The first-order chi connectivity index (χ1) is 8.54. The Hall–Kier alpha value is -1.88. The molecule has 0 saturated carbocycles. The lowest BCUT2D eigenvalue weighted by atomic mass is 10.1. The number of nitrogens with one attached hydrogen (secondary N) is 1. The largest absolute Gasteiger partial charge is 0.395 e. The lowest BCUT2D eigenvalue weighted by Gasteiger charge is -2.15. The van der Waals surface area contributed by atoms with Crippen LogP contribution in [-0.4, -0.2) is 48.6 Å². The minimum absolute atomic E-state index is 0.0662. The molecule has 1 rings (SSSR count). The van der Waals surface area contributed by atoms with Crippen LogP contribution in [0.4, 0.5) is 0 Å². The second kappa shape index (κ2) is 6.76. The zero-order chi connectivity index (χ0) is 13.5. The molecule has 0 bridgehead atoms. The average molecular weight is 250 g/mol. The van der Waals surface area contributed by atoms with Gasteiger partial charge in [0.05, 0.1) is 13.2 Å². The predicted octanol–water partition coefficient (Wildman–Crippen LogP) is 0.176. The van der Waals surface area contributed by atoms with Gasteiger partial charge in [-0.15, -0.1) is 0 Å². The fourth-order valence-corrected chi connectivity index (χ4v) is 1.45. The molecule has 1 aromatic rings. The molecular formula is C13H18N2O3. The third kappa shape index (κ3) is 4.18. The number of aryl methyl sites for hydroxylation is 1. The molecule has 5 heteroatoms. The maximum Gasteiger partial charge on any atom is 0.251 e. The summed E-state index contributed by atoms with van der Waals surface area (Å²) in [6.45, 7) is 2.01. The summed E-state index contributed by atoms with van der Waals surface area (Å²) >= 11 is 0. The Labute approximate surface area is 106 Å². The van der Waals surface area contributed by atoms with E-state index in [1.54, 1.807) is 25.2 Å². The fourth-order valence-electron chi connectivity index (χ4n) is 1.45. The van der Waals surface area contributed by atoms with Gasteiger partial charge in [-0.25, -0.2) is 0 Å². The summed E-state index contributed by atoms with van der Waals surface area (Å²) in [6.07, 6.45) is 0. The quantitative estimate of drug-likeness (QED) is 0.783. The van der Waals surface area contributed by atoms with Gasteiger partial charge >= 0.3 is 0 Å². The molecule has 0 aromatic heterocycles. The van der Waals surface area contributed by atoms with E-state index in [1.165, 1.54) is 4.90 Å². The molecule has 2 amide bonds. The smallest absolute Gasteiger partial charge is 0.251 e. The van der Waals surface area contributed by atoms with Crippen molar-refractivity contribution in [3.05, 3.63) is 35.4 Å². The van der Waals surface area contributed by atoms with Crippen LogP contribution in [0.1, 0.15) is 15.9 Å². The molecule has 0 aliphatic heterocycles. The van der Waals surface area contributed by atoms with Crippen molar-refractivity contribution in [2.75, 3.05) is 26.7 Å². The van der Waals surface area contributed by atoms with Crippen LogP contribution in [0.2, 0.25) is 0 Å². The van der Waals surface area contributed by atoms with Crippen LogP contribution in [0.15, 0.2) is 24.3 Å². The Bertz CT molecular complexity index is 432. The number of carbonyl (C=O) groups is 2. The molecule has 0 unspecified atom stereocenters. The van der Waals surface area contributed by atoms with Gasteiger partial charge in [0.15, 0.2) is 0 Å². The van der Waals surface area contributed by atoms with Crippen molar-refractivity contribution < 1.29 is 14.7 Å². The summed E-state index contributed by atoms with van der Waals surface area (Å²) in [4.78, 5) is 24.7. The molecule has 0 radical (unpaired) electrons. The zero-order valence-electron chi connectivity index (χ0n) is 10.6. The molecule has 0 saturated heterocycles. The predicted molar refractivity (Wildman–Crippen MR) is 68.2 cm³/mol. The van der Waals surface area contributed by atoms with Gasteiger partial charge in [-0.1, -0.05) is 17.7 Å². The van der Waals surface area contributed by atoms with Crippen molar-refractivity contribution >= 4 is 11.8 Å². The highest BCUT2D eigenvalue weighted by molar-refractivity contribution is 5.96. The molecule has 2 N–H and O–H groups in total. The highest BCUT2D eigenvalue weighted by Crippen LogP contribution is 2.03. The zero-order valence-corrected chi connectivity index (χ0v) is 10.6. The molecule has 0 spiro atoms. The highest BCUT2D eigenvalue weighted by atomic mass is 16.3. The van der Waals surface area contributed by atoms with Crippen LogP contribution in [-0.2, 0) is 4.79 Å². The van der Waals surface area contributed by atoms with Crippen LogP contribution >= 0.6 is 0 Å². The first-order valence-corrected chi connectivity index (χ1v) is 5.74. The van der Waals surface area contributed by atoms with E-state index in [9.17, 15) is 9.59 Å². The normalized spacial score (nSPS) is 9.94. The van der Waals surface area contributed by atoms with Crippen molar-refractivity contribution in [1.29, 1.82) is 0 Å². The second-order valence-corrected chi connectivity index (χ2v) is 4.09. The van der Waals surface area contributed by atoms with E-state index in [-0.39, 0.29) is 31.5 Å². The van der Waals surface area contributed by atoms with Gasteiger partial charge in [0.1, 0.15) is 0 Å². The van der Waals surface area contributed by atoms with E-state index in [4.69, 9.17) is 5.11 Å². The summed E-state index contributed by atoms with van der Waals surface area (Å²) in [7, 11) is 1.58. The fraction of sp³-hybridized carbons (Fsp3) is 0.385. The Morgan fingerprint density at radius 3 is 2.72 bits per heavy atom. The summed E-state index contributed by atoms with van der Waals surface area (Å²) < 4.78 is 0. The Kier molecular flexibility index (Phi) is 5.32. The number of hydrogen-bond donors (Lipinski definition) is 2. The molecule has 0 fully saturated rings. The molecule has 5 nitrogen and oxygen atoms in total. The van der Waals surface area contributed by atoms with Crippen LogP contribution in [0.5, 0.6) is 0 Å². The SMILES string of the molecule is Cc1cccc(C(=O)NCC(=O)N(C)CCO)c1. The third-order valence-corrected chi connectivity index (χ3v) is 2.54. The minimum Gasteiger partial charge on any atom is -0.395 e. The van der Waals surface area contributed by atoms with Crippen LogP contribution in [0.3, 0.4) is 0 Å². The second-order valence-electron chi connectivity index (χ2n) is 4.09. The van der Waals surface area contributed by atoms with Crippen molar-refractivity contribution in [3.8, 4) is 0 Å². The van der Waals surface area contributed by atoms with E-state index in [2.05, 4.69) is 5.32 Å². The number of benzene rings is 1. The van der Waals surface area contributed by atoms with Gasteiger partial charge in [-0.05, 0) is 19.1 Å². The number of hydrogen-bond acceptors (Lipinski definition) is 3. The van der Waals surface area contributed by atoms with Crippen LogP contribution < -0.4 is 5.32 Å². The maximum absolute atomic E-state index is 11.8. The Morgan fingerprint density at radius 1 is 1.39 bits per heavy atom. The standard InChI is InChI=1S/C13H18N2O3/c1-10-4-3-5-11(8-10)13(18)14-9-12(17)15(2)6-7-16/h3-5,8,16H,6-7,9H2,1-2H3,(H,14,18). The number of amides is 2. The molecule has 18 heavy (non-hydrogen) atoms. The molecule has 0 aliphatic carbocycles. The molecule has 0 atom stereocenters. The number of nitrogens with zero attached hydrogens (tertiary/aromatic N) is 1. The minimum atomic E-state index is -0.274. The molecule has 0 aliphatic rings. The third-order valence-electron chi connectivity index (χ3n) is 2.54. The average Bonchev–Trinajstić information content (AvgIpc) is 2.35. The van der Waals surface area contributed by atoms with Crippen LogP contribution in [0, 0.1) is 6.92 Å². The lowest BCUT2D eigenvalue weighted by Crippen LogP contribution is -2.39. The van der Waals surface area contributed by atoms with Crippen molar-refractivity contribution in [2.24, 2.45) is 0 Å². The lowest BCUT2D eigenvalue weighted by molar-refractivity contribution is -0.129. The van der Waals surface area contributed by atoms with Crippen molar-refractivity contribution in [1.82, 2.24) is 10.2 Å². The maximum atomic E-state index is 11.8. The van der Waals surface area contributed by atoms with Crippen molar-refractivity contribution in [3.63, 3.8) is 0 Å². The van der Waals surface area contributed by atoms with E-state index in [1.807, 2.05) is 13.0 Å². The number of carbonyl (C=O) groups excluding carboxylic acids is 2. The Balaban J connectivity index is 2.49. The van der Waals surface area contributed by atoms with Gasteiger partial charge in [-0.3, -0.25) is 9.59 Å². The number of rotatable bonds is 5. The van der Waals surface area contributed by atoms with Gasteiger partial charge in [0.25, 0.3) is 5.91 Å². The first-order valence-electron chi connectivity index (χ1n) is 5.74. The van der Waals surface area contributed by atoms with Gasteiger partial charge in [0, 0.05) is 19.2 Å². The molecular weight excluding hydrogens is 232 g/mol. The van der Waals surface area contributed by atoms with Crippen molar-refractivity contribution in [2.45, 2.75) is 6.92 Å². The summed E-state index contributed by atoms with van der Waals surface area (Å²) in [5, 5.41) is 11.2.